The van der Waals surface area contributed by atoms with E-state index in [1.54, 1.807) is 7.11 Å². The summed E-state index contributed by atoms with van der Waals surface area (Å²) >= 11 is 0. The standard InChI is InChI=1S/C20H25N3O2.ClH/c1-25-19-10-6-5-9-18(19)22-11-13-23(14-12-22)20(24)17(21)15-16-7-3-2-4-8-16;/h2-10,17H,11-15,21H2,1H3;1H. The van der Waals surface area contributed by atoms with E-state index in [0.717, 1.165) is 30.1 Å². The normalized spacial score (nSPS) is 15.2. The molecule has 2 aromatic rings. The predicted octanol–water partition coefficient (Wildman–Crippen LogP) is 2.34. The van der Waals surface area contributed by atoms with Gasteiger partial charge in [-0.2, -0.15) is 0 Å². The van der Waals surface area contributed by atoms with E-state index in [4.69, 9.17) is 10.5 Å². The van der Waals surface area contributed by atoms with Crippen molar-refractivity contribution in [3.63, 3.8) is 0 Å². The Kier molecular flexibility index (Phi) is 7.30. The monoisotopic (exact) mass is 375 g/mol. The number of anilines is 1. The van der Waals surface area contributed by atoms with E-state index >= 15 is 0 Å². The molecule has 26 heavy (non-hydrogen) atoms. The minimum absolute atomic E-state index is 0. The molecule has 0 aromatic heterocycles. The number of amides is 1. The van der Waals surface area contributed by atoms with E-state index in [-0.39, 0.29) is 18.3 Å². The van der Waals surface area contributed by atoms with Gasteiger partial charge in [0.25, 0.3) is 0 Å². The molecule has 2 aromatic carbocycles. The summed E-state index contributed by atoms with van der Waals surface area (Å²) in [6.07, 6.45) is 0.576. The molecule has 3 rings (SSSR count). The van der Waals surface area contributed by atoms with Crippen LogP contribution in [0.2, 0.25) is 0 Å². The Bertz CT molecular complexity index is 703. The number of benzene rings is 2. The summed E-state index contributed by atoms with van der Waals surface area (Å²) < 4.78 is 5.44. The molecule has 140 valence electrons. The van der Waals surface area contributed by atoms with Crippen molar-refractivity contribution in [1.29, 1.82) is 0 Å². The van der Waals surface area contributed by atoms with Crippen LogP contribution in [-0.2, 0) is 11.2 Å². The van der Waals surface area contributed by atoms with Gasteiger partial charge < -0.3 is 20.3 Å². The van der Waals surface area contributed by atoms with E-state index in [9.17, 15) is 4.79 Å². The predicted molar refractivity (Wildman–Crippen MR) is 107 cm³/mol. The first kappa shape index (κ1) is 20.1. The minimum Gasteiger partial charge on any atom is -0.495 e. The van der Waals surface area contributed by atoms with E-state index in [1.165, 1.54) is 0 Å². The molecule has 1 heterocycles. The fraction of sp³-hybridized carbons (Fsp3) is 0.350. The summed E-state index contributed by atoms with van der Waals surface area (Å²) in [4.78, 5) is 16.8. The van der Waals surface area contributed by atoms with Crippen LogP contribution in [0.4, 0.5) is 5.69 Å². The maximum absolute atomic E-state index is 12.6. The second kappa shape index (κ2) is 9.46. The Morgan fingerprint density at radius 1 is 1.04 bits per heavy atom. The molecule has 5 nitrogen and oxygen atoms in total. The fourth-order valence-electron chi connectivity index (χ4n) is 3.25. The van der Waals surface area contributed by atoms with Gasteiger partial charge in [0, 0.05) is 26.2 Å². The Morgan fingerprint density at radius 2 is 1.65 bits per heavy atom. The molecule has 0 saturated carbocycles. The first-order valence-corrected chi connectivity index (χ1v) is 8.65. The molecule has 1 aliphatic heterocycles. The maximum atomic E-state index is 12.6. The van der Waals surface area contributed by atoms with Gasteiger partial charge in [-0.1, -0.05) is 42.5 Å². The lowest BCUT2D eigenvalue weighted by Gasteiger charge is -2.37. The Balaban J connectivity index is 0.00000243. The Morgan fingerprint density at radius 3 is 2.31 bits per heavy atom. The Labute approximate surface area is 161 Å². The maximum Gasteiger partial charge on any atom is 0.239 e. The van der Waals surface area contributed by atoms with Crippen molar-refractivity contribution < 1.29 is 9.53 Å². The summed E-state index contributed by atoms with van der Waals surface area (Å²) in [5.41, 5.74) is 8.31. The number of piperazine rings is 1. The molecule has 6 heteroatoms. The average Bonchev–Trinajstić information content (AvgIpc) is 2.68. The van der Waals surface area contributed by atoms with Crippen LogP contribution in [0.1, 0.15) is 5.56 Å². The lowest BCUT2D eigenvalue weighted by atomic mass is 10.1. The van der Waals surface area contributed by atoms with Gasteiger partial charge in [-0.05, 0) is 24.1 Å². The van der Waals surface area contributed by atoms with Crippen molar-refractivity contribution in [2.75, 3.05) is 38.2 Å². The van der Waals surface area contributed by atoms with Gasteiger partial charge in [0.1, 0.15) is 5.75 Å². The van der Waals surface area contributed by atoms with Crippen molar-refractivity contribution in [2.24, 2.45) is 5.73 Å². The number of halogens is 1. The van der Waals surface area contributed by atoms with Crippen LogP contribution >= 0.6 is 12.4 Å². The molecular formula is C20H26ClN3O2. The highest BCUT2D eigenvalue weighted by molar-refractivity contribution is 5.85. The number of carbonyl (C=O) groups excluding carboxylic acids is 1. The third-order valence-corrected chi connectivity index (χ3v) is 4.63. The third kappa shape index (κ3) is 4.68. The van der Waals surface area contributed by atoms with Gasteiger partial charge in [0.05, 0.1) is 18.8 Å². The highest BCUT2D eigenvalue weighted by Crippen LogP contribution is 2.28. The lowest BCUT2D eigenvalue weighted by Crippen LogP contribution is -2.53. The van der Waals surface area contributed by atoms with Crippen molar-refractivity contribution >= 4 is 24.0 Å². The van der Waals surface area contributed by atoms with Gasteiger partial charge in [-0.15, -0.1) is 12.4 Å². The fourth-order valence-corrected chi connectivity index (χ4v) is 3.25. The summed E-state index contributed by atoms with van der Waals surface area (Å²) in [6, 6.07) is 17.4. The Hall–Kier alpha value is -2.24. The van der Waals surface area contributed by atoms with Crippen molar-refractivity contribution in [3.8, 4) is 5.75 Å². The zero-order valence-electron chi connectivity index (χ0n) is 15.0. The second-order valence-electron chi connectivity index (χ2n) is 6.28. The molecule has 1 fully saturated rings. The quantitative estimate of drug-likeness (QED) is 0.871. The summed E-state index contributed by atoms with van der Waals surface area (Å²) in [5.74, 6) is 0.895. The van der Waals surface area contributed by atoms with Crippen molar-refractivity contribution in [1.82, 2.24) is 4.90 Å². The van der Waals surface area contributed by atoms with Crippen LogP contribution in [0, 0.1) is 0 Å². The minimum atomic E-state index is -0.486. The van der Waals surface area contributed by atoms with Crippen LogP contribution in [0.25, 0.3) is 0 Å². The van der Waals surface area contributed by atoms with Crippen LogP contribution in [0.15, 0.2) is 54.6 Å². The molecule has 1 atom stereocenters. The molecular weight excluding hydrogens is 350 g/mol. The molecule has 1 unspecified atom stereocenters. The highest BCUT2D eigenvalue weighted by atomic mass is 35.5. The van der Waals surface area contributed by atoms with Crippen molar-refractivity contribution in [2.45, 2.75) is 12.5 Å². The zero-order chi connectivity index (χ0) is 17.6. The number of rotatable bonds is 5. The molecule has 1 saturated heterocycles. The van der Waals surface area contributed by atoms with Crippen LogP contribution in [0.5, 0.6) is 5.75 Å². The van der Waals surface area contributed by atoms with Crippen LogP contribution in [-0.4, -0.2) is 50.1 Å². The van der Waals surface area contributed by atoms with Gasteiger partial charge in [-0.25, -0.2) is 0 Å². The number of para-hydroxylation sites is 2. The number of methoxy groups -OCH3 is 1. The number of ether oxygens (including phenoxy) is 1. The SMILES string of the molecule is COc1ccccc1N1CCN(C(=O)C(N)Cc2ccccc2)CC1.Cl. The van der Waals surface area contributed by atoms with Gasteiger partial charge in [-0.3, -0.25) is 4.79 Å². The molecule has 1 amide bonds. The molecule has 1 aliphatic rings. The van der Waals surface area contributed by atoms with Gasteiger partial charge in [0.2, 0.25) is 5.91 Å². The van der Waals surface area contributed by atoms with E-state index in [2.05, 4.69) is 11.0 Å². The number of hydrogen-bond donors (Lipinski definition) is 1. The smallest absolute Gasteiger partial charge is 0.239 e. The summed E-state index contributed by atoms with van der Waals surface area (Å²) in [5, 5.41) is 0. The topological polar surface area (TPSA) is 58.8 Å². The lowest BCUT2D eigenvalue weighted by molar-refractivity contribution is -0.132. The first-order chi connectivity index (χ1) is 12.2. The van der Waals surface area contributed by atoms with Gasteiger partial charge in [0.15, 0.2) is 0 Å². The van der Waals surface area contributed by atoms with Gasteiger partial charge >= 0.3 is 0 Å². The molecule has 2 N–H and O–H groups in total. The number of nitrogens with two attached hydrogens (primary N) is 1. The average molecular weight is 376 g/mol. The number of carbonyl (C=O) groups is 1. The van der Waals surface area contributed by atoms with Crippen LogP contribution in [0.3, 0.4) is 0 Å². The summed E-state index contributed by atoms with van der Waals surface area (Å²) in [7, 11) is 1.68. The highest BCUT2D eigenvalue weighted by Gasteiger charge is 2.26. The van der Waals surface area contributed by atoms with E-state index < -0.39 is 6.04 Å². The third-order valence-electron chi connectivity index (χ3n) is 4.63. The van der Waals surface area contributed by atoms with Crippen molar-refractivity contribution in [3.05, 3.63) is 60.2 Å². The number of hydrogen-bond acceptors (Lipinski definition) is 4. The molecule has 0 aliphatic carbocycles. The largest absolute Gasteiger partial charge is 0.495 e. The molecule has 0 radical (unpaired) electrons. The van der Waals surface area contributed by atoms with E-state index in [0.29, 0.717) is 19.5 Å². The zero-order valence-corrected chi connectivity index (χ0v) is 15.8. The molecule has 0 spiro atoms. The first-order valence-electron chi connectivity index (χ1n) is 8.65. The van der Waals surface area contributed by atoms with E-state index in [1.807, 2.05) is 53.4 Å². The van der Waals surface area contributed by atoms with Crippen LogP contribution < -0.4 is 15.4 Å². The second-order valence-corrected chi connectivity index (χ2v) is 6.28. The number of nitrogens with zero attached hydrogens (tertiary/aromatic N) is 2. The summed E-state index contributed by atoms with van der Waals surface area (Å²) in [6.45, 7) is 2.92. The molecule has 0 bridgehead atoms.